The minimum atomic E-state index is -0.219. The Morgan fingerprint density at radius 3 is 2.52 bits per heavy atom. The molecule has 1 aromatic carbocycles. The molecule has 0 N–H and O–H groups in total. The van der Waals surface area contributed by atoms with Crippen LogP contribution in [0.25, 0.3) is 11.7 Å². The van der Waals surface area contributed by atoms with Crippen molar-refractivity contribution in [3.63, 3.8) is 0 Å². The zero-order chi connectivity index (χ0) is 20.5. The highest BCUT2D eigenvalue weighted by Gasteiger charge is 2.34. The van der Waals surface area contributed by atoms with E-state index in [9.17, 15) is 9.59 Å². The van der Waals surface area contributed by atoms with Gasteiger partial charge in [0, 0.05) is 17.1 Å². The third-order valence-electron chi connectivity index (χ3n) is 4.31. The van der Waals surface area contributed by atoms with Crippen molar-refractivity contribution in [2.45, 2.75) is 29.8 Å². The van der Waals surface area contributed by atoms with Gasteiger partial charge in [-0.25, -0.2) is 4.98 Å². The van der Waals surface area contributed by atoms with Crippen molar-refractivity contribution < 1.29 is 4.79 Å². The summed E-state index contributed by atoms with van der Waals surface area (Å²) in [4.78, 5) is 33.7. The van der Waals surface area contributed by atoms with Crippen molar-refractivity contribution in [3.8, 4) is 0 Å². The van der Waals surface area contributed by atoms with E-state index in [0.29, 0.717) is 25.5 Å². The van der Waals surface area contributed by atoms with Crippen molar-refractivity contribution >= 4 is 57.7 Å². The van der Waals surface area contributed by atoms with Crippen LogP contribution in [0.1, 0.15) is 19.4 Å². The van der Waals surface area contributed by atoms with E-state index in [1.54, 1.807) is 29.3 Å². The van der Waals surface area contributed by atoms with Crippen LogP contribution in [0.2, 0.25) is 0 Å². The molecule has 1 aliphatic rings. The highest BCUT2D eigenvalue weighted by Crippen LogP contribution is 2.35. The molecule has 0 unspecified atom stereocenters. The number of amides is 1. The zero-order valence-corrected chi connectivity index (χ0v) is 18.2. The number of benzene rings is 1. The van der Waals surface area contributed by atoms with Gasteiger partial charge in [0.1, 0.15) is 15.0 Å². The number of rotatable bonds is 4. The molecule has 29 heavy (non-hydrogen) atoms. The number of carbonyl (C=O) groups is 1. The molecule has 0 bridgehead atoms. The maximum Gasteiger partial charge on any atom is 0.266 e. The zero-order valence-electron chi connectivity index (χ0n) is 15.7. The van der Waals surface area contributed by atoms with Crippen molar-refractivity contribution in [1.82, 2.24) is 14.3 Å². The van der Waals surface area contributed by atoms with E-state index in [1.807, 2.05) is 50.2 Å². The molecule has 1 amide bonds. The number of carbonyl (C=O) groups excluding carboxylic acids is 1. The first-order valence-corrected chi connectivity index (χ1v) is 11.0. The van der Waals surface area contributed by atoms with Crippen LogP contribution in [0.3, 0.4) is 0 Å². The van der Waals surface area contributed by atoms with Crippen LogP contribution in [0.4, 0.5) is 0 Å². The minimum Gasteiger partial charge on any atom is -0.290 e. The Bertz CT molecular complexity index is 1200. The van der Waals surface area contributed by atoms with E-state index >= 15 is 0 Å². The third kappa shape index (κ3) is 3.88. The number of thioether (sulfide) groups is 1. The summed E-state index contributed by atoms with van der Waals surface area (Å²) in [5.74, 6) is -0.178. The molecule has 0 aliphatic carbocycles. The molecular formula is C21H17N3O2S3. The lowest BCUT2D eigenvalue weighted by Gasteiger charge is -2.18. The van der Waals surface area contributed by atoms with Crippen LogP contribution in [0.5, 0.6) is 0 Å². The van der Waals surface area contributed by atoms with Crippen LogP contribution in [0, 0.1) is 0 Å². The molecule has 146 valence electrons. The molecule has 1 fully saturated rings. The quantitative estimate of drug-likeness (QED) is 0.340. The van der Waals surface area contributed by atoms with Crippen LogP contribution >= 0.6 is 35.7 Å². The number of hydrogen-bond acceptors (Lipinski definition) is 6. The molecule has 4 rings (SSSR count). The highest BCUT2D eigenvalue weighted by molar-refractivity contribution is 8.26. The molecule has 8 heteroatoms. The van der Waals surface area contributed by atoms with Crippen molar-refractivity contribution in [3.05, 3.63) is 75.6 Å². The summed E-state index contributed by atoms with van der Waals surface area (Å²) in [6.45, 7) is 3.83. The molecule has 1 aliphatic heterocycles. The lowest BCUT2D eigenvalue weighted by atomic mass is 10.2. The van der Waals surface area contributed by atoms with Crippen LogP contribution < -0.4 is 5.56 Å². The van der Waals surface area contributed by atoms with E-state index in [2.05, 4.69) is 4.98 Å². The molecule has 5 nitrogen and oxygen atoms in total. The topological polar surface area (TPSA) is 54.7 Å². The second kappa shape index (κ2) is 8.14. The Morgan fingerprint density at radius 1 is 1.10 bits per heavy atom. The van der Waals surface area contributed by atoms with Gasteiger partial charge in [-0.15, -0.1) is 0 Å². The van der Waals surface area contributed by atoms with Gasteiger partial charge in [-0.1, -0.05) is 60.0 Å². The Balaban J connectivity index is 1.87. The number of aromatic nitrogens is 2. The van der Waals surface area contributed by atoms with Crippen molar-refractivity contribution in [1.29, 1.82) is 0 Å². The van der Waals surface area contributed by atoms with Gasteiger partial charge in [0.05, 0.1) is 10.5 Å². The minimum absolute atomic E-state index is 0.0395. The highest BCUT2D eigenvalue weighted by atomic mass is 32.2. The standard InChI is InChI=1S/C21H17N3O2S3/c1-13(2)24-20(26)16(29-21(24)27)12-15-18(28-14-8-4-3-5-9-14)22-17-10-6-7-11-23(17)19(15)25/h3-13H,1-2H3. The largest absolute Gasteiger partial charge is 0.290 e. The monoisotopic (exact) mass is 439 g/mol. The Labute approximate surface area is 181 Å². The van der Waals surface area contributed by atoms with Gasteiger partial charge < -0.3 is 0 Å². The van der Waals surface area contributed by atoms with E-state index < -0.39 is 0 Å². The maximum absolute atomic E-state index is 13.2. The predicted octanol–water partition coefficient (Wildman–Crippen LogP) is 4.46. The fourth-order valence-electron chi connectivity index (χ4n) is 2.94. The Morgan fingerprint density at radius 2 is 1.83 bits per heavy atom. The van der Waals surface area contributed by atoms with Gasteiger partial charge in [0.25, 0.3) is 11.5 Å². The maximum atomic E-state index is 13.2. The molecule has 3 aromatic rings. The molecule has 0 saturated carbocycles. The number of nitrogens with zero attached hydrogens (tertiary/aromatic N) is 3. The number of hydrogen-bond donors (Lipinski definition) is 0. The Kier molecular flexibility index (Phi) is 5.58. The predicted molar refractivity (Wildman–Crippen MR) is 122 cm³/mol. The second-order valence-corrected chi connectivity index (χ2v) is 9.36. The lowest BCUT2D eigenvalue weighted by Crippen LogP contribution is -2.34. The molecule has 0 spiro atoms. The number of pyridine rings is 1. The first-order chi connectivity index (χ1) is 14.0. The molecule has 0 atom stereocenters. The molecule has 3 heterocycles. The van der Waals surface area contributed by atoms with E-state index in [-0.39, 0.29) is 17.5 Å². The second-order valence-electron chi connectivity index (χ2n) is 6.63. The molecule has 0 radical (unpaired) electrons. The summed E-state index contributed by atoms with van der Waals surface area (Å²) in [7, 11) is 0. The SMILES string of the molecule is CC(C)N1C(=O)C(=Cc2c(Sc3ccccc3)nc3ccccn3c2=O)SC1=S. The first-order valence-electron chi connectivity index (χ1n) is 8.97. The average molecular weight is 440 g/mol. The van der Waals surface area contributed by atoms with Crippen molar-refractivity contribution in [2.75, 3.05) is 0 Å². The summed E-state index contributed by atoms with van der Waals surface area (Å²) in [5, 5.41) is 0.558. The van der Waals surface area contributed by atoms with Gasteiger partial charge in [0.2, 0.25) is 0 Å². The van der Waals surface area contributed by atoms with Gasteiger partial charge in [-0.3, -0.25) is 18.9 Å². The molecule has 1 saturated heterocycles. The van der Waals surface area contributed by atoms with Gasteiger partial charge in [-0.2, -0.15) is 0 Å². The smallest absolute Gasteiger partial charge is 0.266 e. The van der Waals surface area contributed by atoms with Crippen molar-refractivity contribution in [2.24, 2.45) is 0 Å². The summed E-state index contributed by atoms with van der Waals surface area (Å²) < 4.78 is 1.99. The lowest BCUT2D eigenvalue weighted by molar-refractivity contribution is -0.123. The van der Waals surface area contributed by atoms with Crippen LogP contribution in [-0.2, 0) is 4.79 Å². The molecular weight excluding hydrogens is 422 g/mol. The average Bonchev–Trinajstić information content (AvgIpc) is 2.99. The Hall–Kier alpha value is -2.42. The fourth-order valence-corrected chi connectivity index (χ4v) is 5.36. The van der Waals surface area contributed by atoms with Gasteiger partial charge in [0.15, 0.2) is 0 Å². The van der Waals surface area contributed by atoms with Crippen LogP contribution in [-0.4, -0.2) is 30.6 Å². The normalized spacial score (nSPS) is 15.8. The number of fused-ring (bicyclic) bond motifs is 1. The summed E-state index contributed by atoms with van der Waals surface area (Å²) >= 11 is 7.98. The number of thiocarbonyl (C=S) groups is 1. The van der Waals surface area contributed by atoms with E-state index in [1.165, 1.54) is 27.9 Å². The van der Waals surface area contributed by atoms with Gasteiger partial charge in [-0.05, 0) is 44.2 Å². The van der Waals surface area contributed by atoms with E-state index in [0.717, 1.165) is 4.90 Å². The van der Waals surface area contributed by atoms with Gasteiger partial charge >= 0.3 is 0 Å². The fraction of sp³-hybridized carbons (Fsp3) is 0.143. The summed E-state index contributed by atoms with van der Waals surface area (Å²) in [6.07, 6.45) is 3.31. The summed E-state index contributed by atoms with van der Waals surface area (Å²) in [6, 6.07) is 15.1. The molecule has 2 aromatic heterocycles. The van der Waals surface area contributed by atoms with Crippen LogP contribution in [0.15, 0.2) is 74.3 Å². The van der Waals surface area contributed by atoms with E-state index in [4.69, 9.17) is 12.2 Å². The third-order valence-corrected chi connectivity index (χ3v) is 6.65. The summed E-state index contributed by atoms with van der Waals surface area (Å²) in [5.41, 5.74) is 0.721. The first kappa shape index (κ1) is 19.9.